The van der Waals surface area contributed by atoms with Crippen LogP contribution in [-0.4, -0.2) is 23.3 Å². The number of hydrogen-bond donors (Lipinski definition) is 1. The lowest BCUT2D eigenvalue weighted by molar-refractivity contribution is 0.313. The van der Waals surface area contributed by atoms with Crippen molar-refractivity contribution >= 4 is 0 Å². The van der Waals surface area contributed by atoms with Crippen molar-refractivity contribution < 1.29 is 9.26 Å². The molecule has 1 aliphatic rings. The van der Waals surface area contributed by atoms with Gasteiger partial charge >= 0.3 is 0 Å². The number of rotatable bonds is 8. The zero-order valence-corrected chi connectivity index (χ0v) is 11.4. The molecule has 0 spiro atoms. The molecule has 5 heteroatoms. The fourth-order valence-electron chi connectivity index (χ4n) is 1.95. The Morgan fingerprint density at radius 2 is 2.10 bits per heavy atom. The summed E-state index contributed by atoms with van der Waals surface area (Å²) in [4.78, 5) is 4.34. The Labute approximate surface area is 118 Å². The van der Waals surface area contributed by atoms with Gasteiger partial charge in [0.1, 0.15) is 5.75 Å². The number of hydrogen-bond acceptors (Lipinski definition) is 5. The zero-order valence-electron chi connectivity index (χ0n) is 11.4. The lowest BCUT2D eigenvalue weighted by Crippen LogP contribution is -2.16. The summed E-state index contributed by atoms with van der Waals surface area (Å²) in [5.41, 5.74) is 0. The minimum atomic E-state index is 0.554. The second-order valence-electron chi connectivity index (χ2n) is 5.09. The van der Waals surface area contributed by atoms with Crippen LogP contribution in [0.1, 0.15) is 24.6 Å². The summed E-state index contributed by atoms with van der Waals surface area (Å²) < 4.78 is 10.8. The summed E-state index contributed by atoms with van der Waals surface area (Å²) in [7, 11) is 0. The van der Waals surface area contributed by atoms with Crippen molar-refractivity contribution in [2.75, 3.05) is 13.2 Å². The van der Waals surface area contributed by atoms with E-state index in [-0.39, 0.29) is 0 Å². The molecule has 2 aromatic rings. The van der Waals surface area contributed by atoms with Crippen LogP contribution < -0.4 is 10.1 Å². The van der Waals surface area contributed by atoms with E-state index in [0.29, 0.717) is 31.3 Å². The van der Waals surface area contributed by atoms with Gasteiger partial charge < -0.3 is 14.6 Å². The molecule has 1 aromatic carbocycles. The quantitative estimate of drug-likeness (QED) is 0.799. The molecule has 0 amide bonds. The van der Waals surface area contributed by atoms with Gasteiger partial charge in [-0.15, -0.1) is 0 Å². The number of ether oxygens (including phenoxy) is 1. The Morgan fingerprint density at radius 1 is 1.25 bits per heavy atom. The number of nitrogens with zero attached hydrogens (tertiary/aromatic N) is 2. The van der Waals surface area contributed by atoms with Gasteiger partial charge in [0.2, 0.25) is 5.89 Å². The molecule has 1 heterocycles. The topological polar surface area (TPSA) is 60.2 Å². The van der Waals surface area contributed by atoms with Gasteiger partial charge in [-0.25, -0.2) is 0 Å². The molecular weight excluding hydrogens is 254 g/mol. The summed E-state index contributed by atoms with van der Waals surface area (Å²) in [6, 6.07) is 9.74. The molecule has 3 rings (SSSR count). The Kier molecular flexibility index (Phi) is 4.28. The van der Waals surface area contributed by atoms with Crippen molar-refractivity contribution in [3.05, 3.63) is 42.0 Å². The van der Waals surface area contributed by atoms with Crippen LogP contribution in [0.4, 0.5) is 0 Å². The first kappa shape index (κ1) is 13.1. The molecule has 0 aliphatic heterocycles. The normalized spacial score (nSPS) is 14.4. The fraction of sp³-hybridized carbons (Fsp3) is 0.467. The van der Waals surface area contributed by atoms with E-state index in [1.165, 1.54) is 12.8 Å². The molecule has 5 nitrogen and oxygen atoms in total. The Bertz CT molecular complexity index is 523. The maximum Gasteiger partial charge on any atom is 0.240 e. The van der Waals surface area contributed by atoms with Crippen LogP contribution in [0.3, 0.4) is 0 Å². The smallest absolute Gasteiger partial charge is 0.240 e. The van der Waals surface area contributed by atoms with Gasteiger partial charge in [-0.1, -0.05) is 23.4 Å². The van der Waals surface area contributed by atoms with Gasteiger partial charge in [-0.2, -0.15) is 4.98 Å². The predicted molar refractivity (Wildman–Crippen MR) is 74.4 cm³/mol. The number of aromatic nitrogens is 2. The third kappa shape index (κ3) is 4.06. The van der Waals surface area contributed by atoms with Crippen molar-refractivity contribution in [1.29, 1.82) is 0 Å². The van der Waals surface area contributed by atoms with Crippen LogP contribution in [0.5, 0.6) is 5.75 Å². The van der Waals surface area contributed by atoms with Crippen LogP contribution >= 0.6 is 0 Å². The van der Waals surface area contributed by atoms with E-state index in [0.717, 1.165) is 18.2 Å². The van der Waals surface area contributed by atoms with Crippen molar-refractivity contribution in [3.63, 3.8) is 0 Å². The average molecular weight is 273 g/mol. The third-order valence-electron chi connectivity index (χ3n) is 3.25. The second kappa shape index (κ2) is 6.52. The maximum atomic E-state index is 5.60. The lowest BCUT2D eigenvalue weighted by Gasteiger charge is -2.02. The Balaban J connectivity index is 1.38. The second-order valence-corrected chi connectivity index (χ2v) is 5.09. The molecule has 0 saturated heterocycles. The summed E-state index contributed by atoms with van der Waals surface area (Å²) in [6.45, 7) is 2.26. The SMILES string of the molecule is c1ccc(OCCc2noc(CNCC3CC3)n2)cc1. The summed E-state index contributed by atoms with van der Waals surface area (Å²) >= 11 is 0. The predicted octanol–water partition coefficient (Wildman–Crippen LogP) is 2.19. The van der Waals surface area contributed by atoms with E-state index >= 15 is 0 Å². The zero-order chi connectivity index (χ0) is 13.6. The van der Waals surface area contributed by atoms with E-state index in [4.69, 9.17) is 9.26 Å². The van der Waals surface area contributed by atoms with E-state index in [2.05, 4.69) is 15.5 Å². The van der Waals surface area contributed by atoms with E-state index in [1.807, 2.05) is 30.3 Å². The average Bonchev–Trinajstić information content (AvgIpc) is 3.19. The molecule has 106 valence electrons. The van der Waals surface area contributed by atoms with Crippen molar-refractivity contribution in [2.45, 2.75) is 25.8 Å². The van der Waals surface area contributed by atoms with Crippen LogP contribution in [0.15, 0.2) is 34.9 Å². The van der Waals surface area contributed by atoms with Gasteiger partial charge in [0.15, 0.2) is 5.82 Å². The Hall–Kier alpha value is -1.88. The standard InChI is InChI=1S/C15H19N3O2/c1-2-4-13(5-3-1)19-9-8-14-17-15(20-18-14)11-16-10-12-6-7-12/h1-5,12,16H,6-11H2. The van der Waals surface area contributed by atoms with Crippen LogP contribution in [0, 0.1) is 5.92 Å². The lowest BCUT2D eigenvalue weighted by atomic mass is 10.3. The molecule has 0 atom stereocenters. The summed E-state index contributed by atoms with van der Waals surface area (Å²) in [5.74, 6) is 3.07. The van der Waals surface area contributed by atoms with Gasteiger partial charge in [0, 0.05) is 6.42 Å². The molecule has 1 aromatic heterocycles. The molecular formula is C15H19N3O2. The van der Waals surface area contributed by atoms with E-state index in [1.54, 1.807) is 0 Å². The minimum Gasteiger partial charge on any atom is -0.493 e. The van der Waals surface area contributed by atoms with Gasteiger partial charge in [0.05, 0.1) is 13.2 Å². The highest BCUT2D eigenvalue weighted by atomic mass is 16.5. The molecule has 0 bridgehead atoms. The maximum absolute atomic E-state index is 5.60. The third-order valence-corrected chi connectivity index (χ3v) is 3.25. The first-order chi connectivity index (χ1) is 9.90. The summed E-state index contributed by atoms with van der Waals surface area (Å²) in [6.07, 6.45) is 3.35. The highest BCUT2D eigenvalue weighted by Crippen LogP contribution is 2.27. The van der Waals surface area contributed by atoms with Crippen LogP contribution in [0.25, 0.3) is 0 Å². The largest absolute Gasteiger partial charge is 0.493 e. The molecule has 0 radical (unpaired) electrons. The summed E-state index contributed by atoms with van der Waals surface area (Å²) in [5, 5.41) is 7.29. The van der Waals surface area contributed by atoms with Crippen molar-refractivity contribution in [1.82, 2.24) is 15.5 Å². The highest BCUT2D eigenvalue weighted by molar-refractivity contribution is 5.20. The number of nitrogens with one attached hydrogen (secondary N) is 1. The van der Waals surface area contributed by atoms with Crippen molar-refractivity contribution in [3.8, 4) is 5.75 Å². The van der Waals surface area contributed by atoms with Crippen LogP contribution in [0.2, 0.25) is 0 Å². The van der Waals surface area contributed by atoms with Gasteiger partial charge in [0.25, 0.3) is 0 Å². The van der Waals surface area contributed by atoms with Crippen LogP contribution in [-0.2, 0) is 13.0 Å². The monoisotopic (exact) mass is 273 g/mol. The molecule has 1 aliphatic carbocycles. The fourth-order valence-corrected chi connectivity index (χ4v) is 1.95. The first-order valence-electron chi connectivity index (χ1n) is 7.10. The molecule has 20 heavy (non-hydrogen) atoms. The molecule has 1 saturated carbocycles. The van der Waals surface area contributed by atoms with E-state index < -0.39 is 0 Å². The Morgan fingerprint density at radius 3 is 2.90 bits per heavy atom. The molecule has 0 unspecified atom stereocenters. The van der Waals surface area contributed by atoms with Gasteiger partial charge in [-0.05, 0) is 37.4 Å². The number of para-hydroxylation sites is 1. The highest BCUT2D eigenvalue weighted by Gasteiger charge is 2.20. The number of benzene rings is 1. The molecule has 1 N–H and O–H groups in total. The molecule has 1 fully saturated rings. The van der Waals surface area contributed by atoms with Gasteiger partial charge in [-0.3, -0.25) is 0 Å². The van der Waals surface area contributed by atoms with E-state index in [9.17, 15) is 0 Å². The first-order valence-corrected chi connectivity index (χ1v) is 7.10. The van der Waals surface area contributed by atoms with Crippen molar-refractivity contribution in [2.24, 2.45) is 5.92 Å². The minimum absolute atomic E-state index is 0.554.